The molecule has 0 radical (unpaired) electrons. The van der Waals surface area contributed by atoms with Crippen LogP contribution in [0.2, 0.25) is 0 Å². The van der Waals surface area contributed by atoms with Gasteiger partial charge in [-0.2, -0.15) is 0 Å². The fourth-order valence-electron chi connectivity index (χ4n) is 2.68. The van der Waals surface area contributed by atoms with Crippen LogP contribution in [-0.4, -0.2) is 9.97 Å². The number of thiazole rings is 2. The van der Waals surface area contributed by atoms with Crippen LogP contribution in [0.3, 0.4) is 0 Å². The first kappa shape index (κ1) is 15.9. The van der Waals surface area contributed by atoms with E-state index < -0.39 is 0 Å². The van der Waals surface area contributed by atoms with Crippen LogP contribution < -0.4 is 0 Å². The Kier molecular flexibility index (Phi) is 4.55. The quantitative estimate of drug-likeness (QED) is 0.663. The summed E-state index contributed by atoms with van der Waals surface area (Å²) in [6.45, 7) is 13.6. The Morgan fingerprint density at radius 1 is 0.750 bits per heavy atom. The lowest BCUT2D eigenvalue weighted by molar-refractivity contribution is 0.471. The molecule has 112 valence electrons. The topological polar surface area (TPSA) is 25.8 Å². The van der Waals surface area contributed by atoms with Crippen LogP contribution >= 0.6 is 22.7 Å². The number of rotatable bonds is 6. The standard InChI is InChI=1S/C16H26N2S2/c1-7-9-15(3,4)13-17-11-12(19-13)18-14(20-11)16(5,6)10-8-2/h7-10H2,1-6H3. The molecule has 2 rings (SSSR count). The summed E-state index contributed by atoms with van der Waals surface area (Å²) in [5, 5.41) is 2.49. The van der Waals surface area contributed by atoms with Crippen molar-refractivity contribution in [3.63, 3.8) is 0 Å². The van der Waals surface area contributed by atoms with Crippen LogP contribution in [0.1, 0.15) is 77.2 Å². The van der Waals surface area contributed by atoms with E-state index in [1.54, 1.807) is 22.7 Å². The number of fused-ring (bicyclic) bond motifs is 1. The highest BCUT2D eigenvalue weighted by molar-refractivity contribution is 7.26. The second kappa shape index (κ2) is 5.72. The molecule has 0 aliphatic rings. The molecule has 0 unspecified atom stereocenters. The van der Waals surface area contributed by atoms with Crippen LogP contribution in [0.15, 0.2) is 0 Å². The maximum absolute atomic E-state index is 4.87. The number of nitrogens with zero attached hydrogens (tertiary/aromatic N) is 2. The Morgan fingerprint density at radius 3 is 1.40 bits per heavy atom. The summed E-state index contributed by atoms with van der Waals surface area (Å²) in [6.07, 6.45) is 4.76. The van der Waals surface area contributed by atoms with Crippen molar-refractivity contribution < 1.29 is 0 Å². The van der Waals surface area contributed by atoms with Gasteiger partial charge >= 0.3 is 0 Å². The minimum atomic E-state index is 0.180. The fraction of sp³-hybridized carbons (Fsp3) is 0.750. The normalized spacial score (nSPS) is 13.3. The van der Waals surface area contributed by atoms with Gasteiger partial charge in [-0.3, -0.25) is 0 Å². The molecule has 0 saturated heterocycles. The first-order valence-corrected chi connectivity index (χ1v) is 9.22. The summed E-state index contributed by atoms with van der Waals surface area (Å²) < 4.78 is 0. The molecule has 2 heterocycles. The Bertz CT molecular complexity index is 499. The highest BCUT2D eigenvalue weighted by Crippen LogP contribution is 2.39. The van der Waals surface area contributed by atoms with E-state index in [-0.39, 0.29) is 10.8 Å². The molecule has 0 bridgehead atoms. The lowest BCUT2D eigenvalue weighted by Crippen LogP contribution is -2.16. The van der Waals surface area contributed by atoms with Crippen LogP contribution in [0.5, 0.6) is 0 Å². The van der Waals surface area contributed by atoms with Crippen molar-refractivity contribution in [2.24, 2.45) is 0 Å². The van der Waals surface area contributed by atoms with Gasteiger partial charge in [-0.05, 0) is 12.8 Å². The molecular formula is C16H26N2S2. The second-order valence-corrected chi connectivity index (χ2v) is 8.87. The molecule has 20 heavy (non-hydrogen) atoms. The van der Waals surface area contributed by atoms with Crippen LogP contribution in [0.25, 0.3) is 9.66 Å². The van der Waals surface area contributed by atoms with E-state index in [0.29, 0.717) is 0 Å². The zero-order valence-electron chi connectivity index (χ0n) is 13.5. The summed E-state index contributed by atoms with van der Waals surface area (Å²) in [7, 11) is 0. The molecule has 0 saturated carbocycles. The minimum absolute atomic E-state index is 0.180. The third-order valence-electron chi connectivity index (χ3n) is 3.88. The van der Waals surface area contributed by atoms with E-state index in [0.717, 1.165) is 9.66 Å². The van der Waals surface area contributed by atoms with E-state index in [9.17, 15) is 0 Å². The monoisotopic (exact) mass is 310 g/mol. The maximum Gasteiger partial charge on any atom is 0.155 e. The summed E-state index contributed by atoms with van der Waals surface area (Å²) in [5.41, 5.74) is 0.359. The highest BCUT2D eigenvalue weighted by atomic mass is 32.1. The summed E-state index contributed by atoms with van der Waals surface area (Å²) >= 11 is 3.57. The van der Waals surface area contributed by atoms with Crippen molar-refractivity contribution in [2.75, 3.05) is 0 Å². The zero-order chi connectivity index (χ0) is 15.0. The first-order valence-electron chi connectivity index (χ1n) is 7.58. The SMILES string of the molecule is CCCC(C)(C)c1nc2sc(C(C)(C)CCC)nc2s1. The van der Waals surface area contributed by atoms with Crippen LogP contribution in [0.4, 0.5) is 0 Å². The molecule has 0 aliphatic carbocycles. The van der Waals surface area contributed by atoms with Gasteiger partial charge in [-0.25, -0.2) is 9.97 Å². The van der Waals surface area contributed by atoms with Gasteiger partial charge in [-0.15, -0.1) is 0 Å². The third-order valence-corrected chi connectivity index (χ3v) is 6.64. The molecule has 4 heteroatoms. The van der Waals surface area contributed by atoms with Gasteiger partial charge in [0.15, 0.2) is 9.66 Å². The van der Waals surface area contributed by atoms with Crippen molar-refractivity contribution in [1.82, 2.24) is 9.97 Å². The van der Waals surface area contributed by atoms with Crippen molar-refractivity contribution in [2.45, 2.75) is 78.1 Å². The van der Waals surface area contributed by atoms with Gasteiger partial charge in [0.05, 0.1) is 0 Å². The average molecular weight is 311 g/mol. The maximum atomic E-state index is 4.87. The van der Waals surface area contributed by atoms with Gasteiger partial charge in [0, 0.05) is 10.8 Å². The van der Waals surface area contributed by atoms with E-state index in [2.05, 4.69) is 41.5 Å². The Morgan fingerprint density at radius 2 is 1.10 bits per heavy atom. The van der Waals surface area contributed by atoms with Gasteiger partial charge in [0.1, 0.15) is 10.0 Å². The largest absolute Gasteiger partial charge is 0.228 e. The molecule has 0 aliphatic heterocycles. The lowest BCUT2D eigenvalue weighted by atomic mass is 9.89. The van der Waals surface area contributed by atoms with Crippen molar-refractivity contribution in [3.05, 3.63) is 10.0 Å². The van der Waals surface area contributed by atoms with Gasteiger partial charge < -0.3 is 0 Å². The number of hydrogen-bond acceptors (Lipinski definition) is 4. The summed E-state index contributed by atoms with van der Waals surface area (Å²) in [5.74, 6) is 0. The Labute approximate surface area is 130 Å². The van der Waals surface area contributed by atoms with Crippen molar-refractivity contribution in [1.29, 1.82) is 0 Å². The van der Waals surface area contributed by atoms with Crippen LogP contribution in [-0.2, 0) is 10.8 Å². The second-order valence-electron chi connectivity index (χ2n) is 6.92. The predicted octanol–water partition coefficient (Wildman–Crippen LogP) is 5.91. The minimum Gasteiger partial charge on any atom is -0.228 e. The van der Waals surface area contributed by atoms with Gasteiger partial charge in [0.25, 0.3) is 0 Å². The molecule has 2 aromatic heterocycles. The van der Waals surface area contributed by atoms with E-state index in [4.69, 9.17) is 9.97 Å². The molecule has 0 amide bonds. The van der Waals surface area contributed by atoms with Crippen molar-refractivity contribution in [3.8, 4) is 0 Å². The van der Waals surface area contributed by atoms with Gasteiger partial charge in [0.2, 0.25) is 0 Å². The molecule has 0 atom stereocenters. The molecular weight excluding hydrogens is 284 g/mol. The predicted molar refractivity (Wildman–Crippen MR) is 91.2 cm³/mol. The molecule has 0 spiro atoms. The number of hydrogen-bond donors (Lipinski definition) is 0. The van der Waals surface area contributed by atoms with E-state index in [1.807, 2.05) is 0 Å². The van der Waals surface area contributed by atoms with E-state index in [1.165, 1.54) is 35.7 Å². The average Bonchev–Trinajstić information content (AvgIpc) is 2.86. The lowest BCUT2D eigenvalue weighted by Gasteiger charge is -2.21. The fourth-order valence-corrected chi connectivity index (χ4v) is 4.99. The molecule has 0 fully saturated rings. The molecule has 0 N–H and O–H groups in total. The third kappa shape index (κ3) is 3.06. The smallest absolute Gasteiger partial charge is 0.155 e. The van der Waals surface area contributed by atoms with E-state index >= 15 is 0 Å². The number of aromatic nitrogens is 2. The Hall–Kier alpha value is -0.480. The van der Waals surface area contributed by atoms with Gasteiger partial charge in [-0.1, -0.05) is 77.1 Å². The summed E-state index contributed by atoms with van der Waals surface area (Å²) in [6, 6.07) is 0. The van der Waals surface area contributed by atoms with Crippen LogP contribution in [0, 0.1) is 0 Å². The molecule has 2 aromatic rings. The summed E-state index contributed by atoms with van der Waals surface area (Å²) in [4.78, 5) is 12.0. The van der Waals surface area contributed by atoms with Crippen molar-refractivity contribution >= 4 is 32.3 Å². The Balaban J connectivity index is 2.33. The highest BCUT2D eigenvalue weighted by Gasteiger charge is 2.28. The first-order chi connectivity index (χ1) is 9.30. The molecule has 2 nitrogen and oxygen atoms in total. The molecule has 0 aromatic carbocycles. The zero-order valence-corrected chi connectivity index (χ0v) is 15.2.